The monoisotopic (exact) mass is 329 g/mol. The topological polar surface area (TPSA) is 67.4 Å². The molecule has 0 radical (unpaired) electrons. The molecule has 0 aromatic carbocycles. The molecule has 7 nitrogen and oxygen atoms in total. The number of rotatable bonds is 10. The first-order chi connectivity index (χ1) is 8.99. The Morgan fingerprint density at radius 3 is 1.16 bits per heavy atom. The van der Waals surface area contributed by atoms with Crippen LogP contribution in [0.5, 0.6) is 0 Å². The highest BCUT2D eigenvalue weighted by molar-refractivity contribution is 6.86. The number of hydrogen-bond donors (Lipinski definition) is 1. The molecule has 0 spiro atoms. The molecule has 0 saturated heterocycles. The van der Waals surface area contributed by atoms with Gasteiger partial charge in [0, 0.05) is 42.7 Å². The molecule has 0 unspecified atom stereocenters. The second-order valence-electron chi connectivity index (χ2n) is 3.85. The molecule has 0 bridgehead atoms. The molecule has 1 N–H and O–H groups in total. The van der Waals surface area contributed by atoms with Gasteiger partial charge in [-0.1, -0.05) is 6.92 Å². The lowest BCUT2D eigenvalue weighted by Gasteiger charge is -2.49. The third kappa shape index (κ3) is 2.74. The van der Waals surface area contributed by atoms with Crippen molar-refractivity contribution < 1.29 is 26.6 Å². The maximum Gasteiger partial charge on any atom is 0.525 e. The van der Waals surface area contributed by atoms with Crippen molar-refractivity contribution in [3.05, 3.63) is 0 Å². The zero-order valence-corrected chi connectivity index (χ0v) is 17.2. The van der Waals surface area contributed by atoms with Gasteiger partial charge in [-0.05, 0) is 6.42 Å². The molecule has 19 heavy (non-hydrogen) atoms. The first-order valence-corrected chi connectivity index (χ1v) is 10.4. The molecule has 116 valence electrons. The summed E-state index contributed by atoms with van der Waals surface area (Å²) >= 11 is 0. The van der Waals surface area contributed by atoms with Gasteiger partial charge in [0.1, 0.15) is 0 Å². The minimum atomic E-state index is -3.09. The van der Waals surface area contributed by atoms with Gasteiger partial charge < -0.3 is 31.5 Å². The molecule has 0 amide bonds. The van der Waals surface area contributed by atoms with Gasteiger partial charge in [-0.2, -0.15) is 0 Å². The Morgan fingerprint density at radius 1 is 0.789 bits per heavy atom. The fourth-order valence-corrected chi connectivity index (χ4v) is 12.7. The van der Waals surface area contributed by atoms with Crippen LogP contribution in [0, 0.1) is 0 Å². The maximum atomic E-state index is 5.64. The summed E-state index contributed by atoms with van der Waals surface area (Å²) in [7, 11) is 3.95. The van der Waals surface area contributed by atoms with Crippen LogP contribution in [0.2, 0.25) is 0 Å². The van der Waals surface area contributed by atoms with Crippen molar-refractivity contribution in [3.8, 4) is 0 Å². The smallest absolute Gasteiger partial charge is 0.376 e. The second kappa shape index (κ2) is 7.97. The van der Waals surface area contributed by atoms with Crippen molar-refractivity contribution in [2.45, 2.75) is 18.1 Å². The molecular weight excluding hydrogens is 302 g/mol. The Morgan fingerprint density at radius 2 is 1.05 bits per heavy atom. The summed E-state index contributed by atoms with van der Waals surface area (Å²) in [5, 5.41) is 0. The minimum absolute atomic E-state index is 0.639. The molecule has 0 rings (SSSR count). The minimum Gasteiger partial charge on any atom is -0.376 e. The zero-order chi connectivity index (χ0) is 15.2. The average molecular weight is 330 g/mol. The van der Waals surface area contributed by atoms with Crippen LogP contribution in [0.4, 0.5) is 0 Å². The van der Waals surface area contributed by atoms with Crippen molar-refractivity contribution >= 4 is 28.0 Å². The number of nitrogens with one attached hydrogen (secondary N) is 1. The third-order valence-electron chi connectivity index (χ3n) is 3.61. The summed E-state index contributed by atoms with van der Waals surface area (Å²) < 4.78 is 33.9. The van der Waals surface area contributed by atoms with E-state index < -0.39 is 22.4 Å². The molecule has 0 fully saturated rings. The lowest BCUT2D eigenvalue weighted by Crippen LogP contribution is -2.83. The van der Waals surface area contributed by atoms with E-state index in [0.717, 1.165) is 0 Å². The molecule has 0 saturated carbocycles. The molecule has 0 heterocycles. The SMILES string of the molecule is CCC(N[SiH3])([Si](OC)(OC)OC)[Si](OC)(OC)OC. The molecule has 10 heteroatoms. The van der Waals surface area contributed by atoms with Crippen LogP contribution < -0.4 is 4.98 Å². The number of hydrogen-bond acceptors (Lipinski definition) is 7. The standard InChI is InChI=1S/C9H27NO6Si3/c1-8-9(10-17,18(11-2,12-3)13-4)19(14-5,15-6)16-7/h10H,8H2,1-7,17H3. The van der Waals surface area contributed by atoms with Gasteiger partial charge in [0.15, 0.2) is 4.79 Å². The van der Waals surface area contributed by atoms with E-state index in [9.17, 15) is 0 Å². The van der Waals surface area contributed by atoms with E-state index in [1.54, 1.807) is 42.7 Å². The molecule has 0 aliphatic rings. The third-order valence-corrected chi connectivity index (χ3v) is 13.8. The van der Waals surface area contributed by atoms with Crippen LogP contribution in [0.3, 0.4) is 0 Å². The van der Waals surface area contributed by atoms with Crippen molar-refractivity contribution in [2.75, 3.05) is 42.7 Å². The van der Waals surface area contributed by atoms with Gasteiger partial charge in [0.25, 0.3) is 0 Å². The van der Waals surface area contributed by atoms with E-state index in [1.165, 1.54) is 0 Å². The summed E-state index contributed by atoms with van der Waals surface area (Å²) in [6.45, 7) is 2.00. The van der Waals surface area contributed by atoms with Crippen LogP contribution >= 0.6 is 0 Å². The van der Waals surface area contributed by atoms with Crippen molar-refractivity contribution in [2.24, 2.45) is 0 Å². The van der Waals surface area contributed by atoms with Gasteiger partial charge in [-0.3, -0.25) is 0 Å². The lowest BCUT2D eigenvalue weighted by atomic mass is 10.5. The highest BCUT2D eigenvalue weighted by Crippen LogP contribution is 2.36. The van der Waals surface area contributed by atoms with Crippen LogP contribution in [0.15, 0.2) is 0 Å². The van der Waals surface area contributed by atoms with E-state index in [1.807, 2.05) is 6.92 Å². The van der Waals surface area contributed by atoms with Crippen LogP contribution in [-0.4, -0.2) is 75.5 Å². The molecule has 0 atom stereocenters. The van der Waals surface area contributed by atoms with Gasteiger partial charge in [0.05, 0.1) is 10.4 Å². The largest absolute Gasteiger partial charge is 0.525 e. The van der Waals surface area contributed by atoms with Crippen LogP contribution in [0.1, 0.15) is 13.3 Å². The lowest BCUT2D eigenvalue weighted by molar-refractivity contribution is 0.0518. The van der Waals surface area contributed by atoms with Crippen LogP contribution in [-0.2, 0) is 26.6 Å². The van der Waals surface area contributed by atoms with Gasteiger partial charge >= 0.3 is 17.6 Å². The zero-order valence-electron chi connectivity index (χ0n) is 13.2. The van der Waals surface area contributed by atoms with Gasteiger partial charge in [0.2, 0.25) is 0 Å². The fourth-order valence-electron chi connectivity index (χ4n) is 2.65. The summed E-state index contributed by atoms with van der Waals surface area (Å²) in [5.41, 5.74) is 0. The Balaban J connectivity index is 6.08. The highest BCUT2D eigenvalue weighted by atomic mass is 28.5. The quantitative estimate of drug-likeness (QED) is 0.507. The molecule has 0 aromatic rings. The summed E-state index contributed by atoms with van der Waals surface area (Å²) in [5.74, 6) is 0. The Kier molecular flexibility index (Phi) is 8.13. The Labute approximate surface area is 121 Å². The predicted octanol–water partition coefficient (Wildman–Crippen LogP) is -1.16. The summed E-state index contributed by atoms with van der Waals surface area (Å²) in [6.07, 6.45) is 0.639. The fraction of sp³-hybridized carbons (Fsp3) is 1.00. The molecule has 0 aromatic heterocycles. The Bertz CT molecular complexity index is 220. The van der Waals surface area contributed by atoms with E-state index in [4.69, 9.17) is 26.6 Å². The first-order valence-electron chi connectivity index (χ1n) is 5.98. The predicted molar refractivity (Wildman–Crippen MR) is 79.7 cm³/mol. The molecule has 0 aliphatic carbocycles. The van der Waals surface area contributed by atoms with Crippen molar-refractivity contribution in [1.29, 1.82) is 0 Å². The van der Waals surface area contributed by atoms with E-state index in [0.29, 0.717) is 16.8 Å². The average Bonchev–Trinajstić information content (AvgIpc) is 2.49. The van der Waals surface area contributed by atoms with E-state index in [2.05, 4.69) is 4.98 Å². The van der Waals surface area contributed by atoms with Crippen LogP contribution in [0.25, 0.3) is 0 Å². The van der Waals surface area contributed by atoms with Crippen molar-refractivity contribution in [3.63, 3.8) is 0 Å². The highest BCUT2D eigenvalue weighted by Gasteiger charge is 2.74. The maximum absolute atomic E-state index is 5.64. The summed E-state index contributed by atoms with van der Waals surface area (Å²) in [4.78, 5) is 2.63. The first kappa shape index (κ1) is 19.4. The van der Waals surface area contributed by atoms with E-state index in [-0.39, 0.29) is 0 Å². The normalized spacial score (nSPS) is 14.1. The van der Waals surface area contributed by atoms with Gasteiger partial charge in [-0.25, -0.2) is 0 Å². The molecule has 0 aliphatic heterocycles. The van der Waals surface area contributed by atoms with Gasteiger partial charge in [-0.15, -0.1) is 0 Å². The van der Waals surface area contributed by atoms with E-state index >= 15 is 0 Å². The summed E-state index contributed by atoms with van der Waals surface area (Å²) in [6, 6.07) is 0. The molecular formula is C9H27NO6Si3. The van der Waals surface area contributed by atoms with Crippen molar-refractivity contribution in [1.82, 2.24) is 4.98 Å². The second-order valence-corrected chi connectivity index (χ2v) is 11.2. The Hall–Kier alpha value is 0.371.